The van der Waals surface area contributed by atoms with Crippen molar-refractivity contribution in [1.29, 1.82) is 0 Å². The Morgan fingerprint density at radius 1 is 1.50 bits per heavy atom. The molecule has 5 heteroatoms. The molecule has 0 saturated carbocycles. The molecule has 1 aromatic rings. The summed E-state index contributed by atoms with van der Waals surface area (Å²) in [5, 5.41) is 9.75. The average molecular weight is 277 g/mol. The Hall–Kier alpha value is -1.62. The second kappa shape index (κ2) is 6.70. The molecule has 2 rings (SSSR count). The third-order valence-corrected chi connectivity index (χ3v) is 3.77. The number of β-amino-alcohol motifs (C(OH)–C–C–N with tert-alkyl or cyclic N) is 1. The van der Waals surface area contributed by atoms with E-state index in [0.717, 1.165) is 25.1 Å². The van der Waals surface area contributed by atoms with Crippen molar-refractivity contribution >= 4 is 11.6 Å². The van der Waals surface area contributed by atoms with Gasteiger partial charge in [-0.1, -0.05) is 0 Å². The summed E-state index contributed by atoms with van der Waals surface area (Å²) in [7, 11) is 0. The van der Waals surface area contributed by atoms with Gasteiger partial charge in [-0.15, -0.1) is 0 Å². The van der Waals surface area contributed by atoms with Gasteiger partial charge in [-0.2, -0.15) is 0 Å². The molecule has 110 valence electrons. The van der Waals surface area contributed by atoms with Crippen LogP contribution in [-0.4, -0.2) is 53.2 Å². The number of rotatable bonds is 4. The molecular weight excluding hydrogens is 254 g/mol. The van der Waals surface area contributed by atoms with E-state index in [1.807, 2.05) is 26.0 Å². The van der Waals surface area contributed by atoms with Crippen LogP contribution >= 0.6 is 0 Å². The molecule has 0 bridgehead atoms. The molecule has 1 unspecified atom stereocenters. The fourth-order valence-electron chi connectivity index (χ4n) is 2.60. The van der Waals surface area contributed by atoms with Gasteiger partial charge in [0.25, 0.3) is 5.91 Å². The minimum Gasteiger partial charge on any atom is -0.391 e. The number of pyridine rings is 1. The van der Waals surface area contributed by atoms with Gasteiger partial charge in [0.1, 0.15) is 5.69 Å². The van der Waals surface area contributed by atoms with Crippen LogP contribution in [0.25, 0.3) is 0 Å². The highest BCUT2D eigenvalue weighted by atomic mass is 16.3. The zero-order valence-corrected chi connectivity index (χ0v) is 12.2. The first-order chi connectivity index (χ1) is 9.65. The topological polar surface area (TPSA) is 56.7 Å². The van der Waals surface area contributed by atoms with Gasteiger partial charge in [0.05, 0.1) is 6.10 Å². The van der Waals surface area contributed by atoms with E-state index in [2.05, 4.69) is 9.88 Å². The minimum atomic E-state index is -0.279. The number of amides is 1. The van der Waals surface area contributed by atoms with Crippen LogP contribution in [0.4, 0.5) is 5.69 Å². The number of hydrogen-bond donors (Lipinski definition) is 1. The average Bonchev–Trinajstić information content (AvgIpc) is 2.48. The largest absolute Gasteiger partial charge is 0.391 e. The van der Waals surface area contributed by atoms with E-state index in [0.29, 0.717) is 25.3 Å². The third-order valence-electron chi connectivity index (χ3n) is 3.77. The molecule has 1 amide bonds. The summed E-state index contributed by atoms with van der Waals surface area (Å²) in [4.78, 5) is 20.4. The molecule has 1 fully saturated rings. The Morgan fingerprint density at radius 3 is 2.90 bits per heavy atom. The molecule has 1 N–H and O–H groups in total. The van der Waals surface area contributed by atoms with E-state index < -0.39 is 0 Å². The van der Waals surface area contributed by atoms with E-state index >= 15 is 0 Å². The molecule has 0 radical (unpaired) electrons. The second-order valence-electron chi connectivity index (χ2n) is 5.12. The van der Waals surface area contributed by atoms with E-state index in [-0.39, 0.29) is 12.0 Å². The van der Waals surface area contributed by atoms with Crippen LogP contribution in [0.1, 0.15) is 37.2 Å². The van der Waals surface area contributed by atoms with Crippen LogP contribution in [0.15, 0.2) is 18.3 Å². The lowest BCUT2D eigenvalue weighted by Gasteiger charge is -2.32. The van der Waals surface area contributed by atoms with Crippen LogP contribution in [0.3, 0.4) is 0 Å². The molecule has 1 saturated heterocycles. The number of aromatic nitrogens is 1. The first kappa shape index (κ1) is 14.8. The number of piperidine rings is 1. The fourth-order valence-corrected chi connectivity index (χ4v) is 2.60. The smallest absolute Gasteiger partial charge is 0.272 e. The van der Waals surface area contributed by atoms with Crippen molar-refractivity contribution < 1.29 is 9.90 Å². The lowest BCUT2D eigenvalue weighted by molar-refractivity contribution is 0.0767. The Bertz CT molecular complexity index is 460. The maximum atomic E-state index is 12.3. The monoisotopic (exact) mass is 277 g/mol. The Morgan fingerprint density at radius 2 is 2.25 bits per heavy atom. The van der Waals surface area contributed by atoms with E-state index in [1.165, 1.54) is 0 Å². The Balaban J connectivity index is 2.17. The molecule has 1 aromatic heterocycles. The number of aliphatic hydroxyl groups is 1. The van der Waals surface area contributed by atoms with Crippen molar-refractivity contribution in [3.8, 4) is 0 Å². The summed E-state index contributed by atoms with van der Waals surface area (Å²) in [6.07, 6.45) is 3.22. The van der Waals surface area contributed by atoms with Crippen LogP contribution in [-0.2, 0) is 0 Å². The number of hydrogen-bond acceptors (Lipinski definition) is 4. The molecule has 20 heavy (non-hydrogen) atoms. The van der Waals surface area contributed by atoms with Gasteiger partial charge >= 0.3 is 0 Å². The molecule has 1 atom stereocenters. The summed E-state index contributed by atoms with van der Waals surface area (Å²) in [5.74, 6) is -0.0330. The van der Waals surface area contributed by atoms with Crippen LogP contribution in [0.5, 0.6) is 0 Å². The number of anilines is 1. The van der Waals surface area contributed by atoms with Gasteiger partial charge in [-0.25, -0.2) is 0 Å². The summed E-state index contributed by atoms with van der Waals surface area (Å²) in [5.41, 5.74) is 1.44. The molecule has 0 spiro atoms. The van der Waals surface area contributed by atoms with Gasteiger partial charge < -0.3 is 14.9 Å². The summed E-state index contributed by atoms with van der Waals surface area (Å²) in [6.45, 7) is 6.84. The van der Waals surface area contributed by atoms with Gasteiger partial charge in [0, 0.05) is 38.1 Å². The Labute approximate surface area is 120 Å². The molecule has 1 aliphatic rings. The predicted octanol–water partition coefficient (Wildman–Crippen LogP) is 1.52. The van der Waals surface area contributed by atoms with Crippen molar-refractivity contribution in [2.24, 2.45) is 0 Å². The van der Waals surface area contributed by atoms with Gasteiger partial charge in [-0.05, 0) is 38.8 Å². The fraction of sp³-hybridized carbons (Fsp3) is 0.600. The van der Waals surface area contributed by atoms with Crippen molar-refractivity contribution in [2.45, 2.75) is 32.8 Å². The zero-order valence-electron chi connectivity index (χ0n) is 12.2. The normalized spacial score (nSPS) is 18.9. The number of carbonyl (C=O) groups is 1. The molecule has 1 aliphatic heterocycles. The van der Waals surface area contributed by atoms with Crippen molar-refractivity contribution in [1.82, 2.24) is 9.88 Å². The predicted molar refractivity (Wildman–Crippen MR) is 78.9 cm³/mol. The van der Waals surface area contributed by atoms with Crippen LogP contribution in [0.2, 0.25) is 0 Å². The summed E-state index contributed by atoms with van der Waals surface area (Å²) < 4.78 is 0. The van der Waals surface area contributed by atoms with Crippen LogP contribution in [0, 0.1) is 0 Å². The lowest BCUT2D eigenvalue weighted by atomic mass is 10.1. The molecule has 2 heterocycles. The van der Waals surface area contributed by atoms with E-state index in [4.69, 9.17) is 0 Å². The number of aliphatic hydroxyl groups excluding tert-OH is 1. The quantitative estimate of drug-likeness (QED) is 0.906. The highest BCUT2D eigenvalue weighted by Crippen LogP contribution is 2.20. The van der Waals surface area contributed by atoms with Crippen LogP contribution < -0.4 is 4.90 Å². The van der Waals surface area contributed by atoms with Gasteiger partial charge in [0.2, 0.25) is 0 Å². The number of carbonyl (C=O) groups excluding carboxylic acids is 1. The molecule has 0 aromatic carbocycles. The zero-order chi connectivity index (χ0) is 14.5. The Kier molecular flexibility index (Phi) is 4.95. The van der Waals surface area contributed by atoms with Gasteiger partial charge in [0.15, 0.2) is 0 Å². The summed E-state index contributed by atoms with van der Waals surface area (Å²) >= 11 is 0. The number of nitrogens with zero attached hydrogens (tertiary/aromatic N) is 3. The first-order valence-corrected chi connectivity index (χ1v) is 7.34. The van der Waals surface area contributed by atoms with Gasteiger partial charge in [-0.3, -0.25) is 9.78 Å². The highest BCUT2D eigenvalue weighted by molar-refractivity contribution is 5.93. The highest BCUT2D eigenvalue weighted by Gasteiger charge is 2.20. The SMILES string of the molecule is CCN(CC)C(=O)c1cc(N2CCCC(O)C2)ccn1. The van der Waals surface area contributed by atoms with E-state index in [1.54, 1.807) is 11.1 Å². The minimum absolute atomic E-state index is 0.0330. The standard InChI is InChI=1S/C15H23N3O2/c1-3-17(4-2)15(20)14-10-12(7-8-16-14)18-9-5-6-13(19)11-18/h7-8,10,13,19H,3-6,9,11H2,1-2H3. The third kappa shape index (κ3) is 3.28. The maximum absolute atomic E-state index is 12.3. The second-order valence-corrected chi connectivity index (χ2v) is 5.12. The molecule has 5 nitrogen and oxygen atoms in total. The van der Waals surface area contributed by atoms with Crippen molar-refractivity contribution in [3.05, 3.63) is 24.0 Å². The lowest BCUT2D eigenvalue weighted by Crippen LogP contribution is -2.38. The molecular formula is C15H23N3O2. The van der Waals surface area contributed by atoms with E-state index in [9.17, 15) is 9.90 Å². The van der Waals surface area contributed by atoms with Crippen molar-refractivity contribution in [2.75, 3.05) is 31.1 Å². The maximum Gasteiger partial charge on any atom is 0.272 e. The molecule has 0 aliphatic carbocycles. The van der Waals surface area contributed by atoms with Crippen molar-refractivity contribution in [3.63, 3.8) is 0 Å². The first-order valence-electron chi connectivity index (χ1n) is 7.34. The summed E-state index contributed by atoms with van der Waals surface area (Å²) in [6, 6.07) is 3.73.